The van der Waals surface area contributed by atoms with Crippen LogP contribution in [0.4, 0.5) is 5.69 Å². The normalized spacial score (nSPS) is 27.5. The van der Waals surface area contributed by atoms with E-state index in [4.69, 9.17) is 4.74 Å². The molecular weight excluding hydrogens is 713 g/mol. The van der Waals surface area contributed by atoms with Crippen LogP contribution in [0.3, 0.4) is 0 Å². The third kappa shape index (κ3) is 7.17. The van der Waals surface area contributed by atoms with Crippen molar-refractivity contribution in [2.24, 2.45) is 5.92 Å². The third-order valence-corrected chi connectivity index (χ3v) is 13.5. The highest BCUT2D eigenvalue weighted by molar-refractivity contribution is 7.91. The van der Waals surface area contributed by atoms with E-state index in [0.29, 0.717) is 24.8 Å². The van der Waals surface area contributed by atoms with Gasteiger partial charge in [0.2, 0.25) is 21.8 Å². The summed E-state index contributed by atoms with van der Waals surface area (Å²) in [5.41, 5.74) is 0.115. The van der Waals surface area contributed by atoms with E-state index < -0.39 is 62.2 Å². The zero-order valence-corrected chi connectivity index (χ0v) is 31.6. The van der Waals surface area contributed by atoms with Crippen LogP contribution in [-0.2, 0) is 24.4 Å². The van der Waals surface area contributed by atoms with Crippen molar-refractivity contribution >= 4 is 50.4 Å². The molecule has 4 N–H and O–H groups in total. The Balaban J connectivity index is 1.22. The first-order chi connectivity index (χ1) is 25.7. The van der Waals surface area contributed by atoms with E-state index in [1.165, 1.54) is 11.0 Å². The lowest BCUT2D eigenvalue weighted by atomic mass is 10.0. The number of carboxylic acids is 1. The largest absolute Gasteiger partial charge is 0.478 e. The number of rotatable bonds is 9. The van der Waals surface area contributed by atoms with Crippen molar-refractivity contribution in [2.75, 3.05) is 11.9 Å². The summed E-state index contributed by atoms with van der Waals surface area (Å²) in [6.45, 7) is 5.46. The van der Waals surface area contributed by atoms with Crippen LogP contribution in [0.2, 0.25) is 0 Å². The number of imidazole rings is 1. The molecule has 54 heavy (non-hydrogen) atoms. The minimum absolute atomic E-state index is 0.0201. The number of aromatic nitrogens is 2. The van der Waals surface area contributed by atoms with Crippen LogP contribution in [0.15, 0.2) is 60.7 Å². The van der Waals surface area contributed by atoms with Crippen LogP contribution in [-0.4, -0.2) is 86.7 Å². The number of carbonyl (C=O) groups excluding carboxylic acids is 3. The first kappa shape index (κ1) is 37.4. The molecule has 1 aromatic heterocycles. The van der Waals surface area contributed by atoms with Crippen LogP contribution in [0.1, 0.15) is 95.0 Å². The minimum Gasteiger partial charge on any atom is -0.478 e. The second-order valence-corrected chi connectivity index (χ2v) is 17.8. The van der Waals surface area contributed by atoms with Crippen molar-refractivity contribution in [3.05, 3.63) is 66.2 Å². The molecule has 3 amide bonds. The quantitative estimate of drug-likeness (QED) is 0.226. The monoisotopic (exact) mass is 760 g/mol. The van der Waals surface area contributed by atoms with Gasteiger partial charge in [0.15, 0.2) is 0 Å². The van der Waals surface area contributed by atoms with Gasteiger partial charge < -0.3 is 25.4 Å². The average Bonchev–Trinajstić information content (AvgIpc) is 3.95. The van der Waals surface area contributed by atoms with Crippen molar-refractivity contribution in [1.29, 1.82) is 0 Å². The summed E-state index contributed by atoms with van der Waals surface area (Å²) in [7, 11) is -3.98. The molecule has 2 saturated carbocycles. The summed E-state index contributed by atoms with van der Waals surface area (Å²) in [6.07, 6.45) is 8.03. The first-order valence-corrected chi connectivity index (χ1v) is 20.3. The number of hydrogen-bond acceptors (Lipinski definition) is 9. The Bertz CT molecular complexity index is 2100. The van der Waals surface area contributed by atoms with Gasteiger partial charge >= 0.3 is 5.97 Å². The van der Waals surface area contributed by atoms with Crippen molar-refractivity contribution in [3.8, 4) is 6.01 Å². The SMILES string of the molecule is CC(C)n1c(O[C@@H]2C[C@H]3C(=O)N[C@]4(C(=O)NS(=O)(=O)C5(C)CC5)C[C@H]4/C=C\CCCCC[C@H](Nc4ccccc4)C(=O)N3C2)nc2c(C(=O)O)cccc21. The summed E-state index contributed by atoms with van der Waals surface area (Å²) in [5, 5.41) is 16.2. The van der Waals surface area contributed by atoms with Gasteiger partial charge in [0.1, 0.15) is 29.2 Å². The number of nitrogens with zero attached hydrogens (tertiary/aromatic N) is 3. The number of hydrogen-bond donors (Lipinski definition) is 4. The Kier molecular flexibility index (Phi) is 9.96. The molecule has 2 aliphatic carbocycles. The molecule has 5 atom stereocenters. The number of fused-ring (bicyclic) bond motifs is 3. The number of anilines is 1. The van der Waals surface area contributed by atoms with Crippen LogP contribution in [0.5, 0.6) is 6.01 Å². The summed E-state index contributed by atoms with van der Waals surface area (Å²) < 4.78 is 35.9. The van der Waals surface area contributed by atoms with Gasteiger partial charge in [-0.25, -0.2) is 13.2 Å². The second-order valence-electron chi connectivity index (χ2n) is 15.6. The molecule has 7 rings (SSSR count). The highest BCUT2D eigenvalue weighted by Gasteiger charge is 2.63. The molecule has 3 aromatic rings. The number of benzene rings is 2. The number of nitrogens with one attached hydrogen (secondary N) is 3. The Hall–Kier alpha value is -4.92. The van der Waals surface area contributed by atoms with Gasteiger partial charge in [0.25, 0.3) is 11.9 Å². The van der Waals surface area contributed by atoms with Crippen LogP contribution >= 0.6 is 0 Å². The Morgan fingerprint density at radius 3 is 2.52 bits per heavy atom. The molecule has 4 aliphatic rings. The highest BCUT2D eigenvalue weighted by Crippen LogP contribution is 2.47. The molecule has 0 radical (unpaired) electrons. The number of aromatic carboxylic acids is 1. The van der Waals surface area contributed by atoms with Gasteiger partial charge in [-0.1, -0.05) is 49.3 Å². The van der Waals surface area contributed by atoms with E-state index in [0.717, 1.165) is 31.4 Å². The maximum atomic E-state index is 14.6. The molecule has 3 heterocycles. The molecule has 0 bridgehead atoms. The van der Waals surface area contributed by atoms with Crippen molar-refractivity contribution in [2.45, 2.75) is 113 Å². The molecule has 1 saturated heterocycles. The van der Waals surface area contributed by atoms with E-state index in [2.05, 4.69) is 20.3 Å². The number of allylic oxidation sites excluding steroid dienone is 1. The number of amides is 3. The zero-order chi connectivity index (χ0) is 38.4. The Morgan fingerprint density at radius 2 is 1.81 bits per heavy atom. The Morgan fingerprint density at radius 1 is 1.06 bits per heavy atom. The van der Waals surface area contributed by atoms with Gasteiger partial charge in [-0.2, -0.15) is 4.98 Å². The van der Waals surface area contributed by atoms with Gasteiger partial charge in [-0.05, 0) is 83.6 Å². The lowest BCUT2D eigenvalue weighted by Gasteiger charge is -2.30. The number of carboxylic acid groups (broad SMARTS) is 1. The van der Waals surface area contributed by atoms with Gasteiger partial charge in [-0.15, -0.1) is 0 Å². The first-order valence-electron chi connectivity index (χ1n) is 18.8. The van der Waals surface area contributed by atoms with Crippen molar-refractivity contribution in [1.82, 2.24) is 24.5 Å². The fourth-order valence-electron chi connectivity index (χ4n) is 7.68. The van der Waals surface area contributed by atoms with E-state index in [1.54, 1.807) is 23.6 Å². The predicted octanol–water partition coefficient (Wildman–Crippen LogP) is 4.54. The average molecular weight is 761 g/mol. The van der Waals surface area contributed by atoms with E-state index >= 15 is 0 Å². The zero-order valence-electron chi connectivity index (χ0n) is 30.8. The standard InChI is InChI=1S/C39H48N6O8S/c1-24(2)45-30-18-12-16-28(35(48)49)32(30)41-37(45)53-27-21-31-33(46)42-39(36(50)43-54(51,52)38(3)19-20-38)22-25(39)13-8-5-4-6-11-17-29(34(47)44(31)23-27)40-26-14-9-7-10-15-26/h7-10,12-16,18,24-25,27,29,31,40H,4-6,11,17,19-23H2,1-3H3,(H,42,46)(H,43,50)(H,48,49)/b13-8-/t25-,27-,29+,31+,39-/m1/s1. The van der Waals surface area contributed by atoms with E-state index in [1.807, 2.05) is 56.3 Å². The number of sulfonamides is 1. The fourth-order valence-corrected chi connectivity index (χ4v) is 8.99. The molecule has 2 aromatic carbocycles. The molecule has 0 unspecified atom stereocenters. The lowest BCUT2D eigenvalue weighted by molar-refractivity contribution is -0.140. The third-order valence-electron chi connectivity index (χ3n) is 11.3. The predicted molar refractivity (Wildman–Crippen MR) is 201 cm³/mol. The van der Waals surface area contributed by atoms with E-state index in [-0.39, 0.29) is 48.4 Å². The highest BCUT2D eigenvalue weighted by atomic mass is 32.2. The summed E-state index contributed by atoms with van der Waals surface area (Å²) in [5.74, 6) is -3.23. The molecule has 14 nitrogen and oxygen atoms in total. The Labute approximate surface area is 314 Å². The molecular formula is C39H48N6O8S. The van der Waals surface area contributed by atoms with Crippen molar-refractivity contribution in [3.63, 3.8) is 0 Å². The summed E-state index contributed by atoms with van der Waals surface area (Å²) in [4.78, 5) is 61.1. The molecule has 2 aliphatic heterocycles. The van der Waals surface area contributed by atoms with Crippen molar-refractivity contribution < 1.29 is 37.4 Å². The van der Waals surface area contributed by atoms with Gasteiger partial charge in [0, 0.05) is 24.1 Å². The van der Waals surface area contributed by atoms with Crippen LogP contribution in [0.25, 0.3) is 11.0 Å². The van der Waals surface area contributed by atoms with E-state index in [9.17, 15) is 32.7 Å². The lowest BCUT2D eigenvalue weighted by Crippen LogP contribution is -2.58. The minimum atomic E-state index is -3.98. The summed E-state index contributed by atoms with van der Waals surface area (Å²) >= 11 is 0. The second kappa shape index (κ2) is 14.4. The number of carbonyl (C=O) groups is 4. The van der Waals surface area contributed by atoms with Crippen LogP contribution < -0.4 is 20.1 Å². The maximum Gasteiger partial charge on any atom is 0.337 e. The topological polar surface area (TPSA) is 189 Å². The smallest absolute Gasteiger partial charge is 0.337 e. The number of ether oxygens (including phenoxy) is 1. The van der Waals surface area contributed by atoms with Gasteiger partial charge in [-0.3, -0.25) is 23.7 Å². The molecule has 0 spiro atoms. The molecule has 288 valence electrons. The molecule has 15 heteroatoms. The maximum absolute atomic E-state index is 14.6. The number of para-hydroxylation sites is 2. The molecule has 3 fully saturated rings. The van der Waals surface area contributed by atoms with Crippen LogP contribution in [0, 0.1) is 5.92 Å². The summed E-state index contributed by atoms with van der Waals surface area (Å²) in [6, 6.07) is 12.5. The fraction of sp³-hybridized carbons (Fsp3) is 0.513. The van der Waals surface area contributed by atoms with Gasteiger partial charge in [0.05, 0.1) is 22.4 Å².